The van der Waals surface area contributed by atoms with Gasteiger partial charge in [0.2, 0.25) is 10.0 Å². The summed E-state index contributed by atoms with van der Waals surface area (Å²) in [5.41, 5.74) is 7.60. The van der Waals surface area contributed by atoms with E-state index in [1.807, 2.05) is 0 Å². The van der Waals surface area contributed by atoms with Gasteiger partial charge in [-0.1, -0.05) is 19.1 Å². The molecule has 1 rings (SSSR count). The summed E-state index contributed by atoms with van der Waals surface area (Å²) < 4.78 is 26.8. The molecule has 1 atom stereocenters. The van der Waals surface area contributed by atoms with Crippen LogP contribution in [0.15, 0.2) is 17.0 Å². The second-order valence-corrected chi connectivity index (χ2v) is 6.80. The molecule has 0 aliphatic heterocycles. The molecule has 0 aliphatic carbocycles. The molecule has 0 fully saturated rings. The maximum absolute atomic E-state index is 12.7. The number of rotatable bonds is 5. The van der Waals surface area contributed by atoms with Crippen molar-refractivity contribution in [2.45, 2.75) is 32.6 Å². The first-order chi connectivity index (χ1) is 9.25. The van der Waals surface area contributed by atoms with Crippen molar-refractivity contribution in [1.82, 2.24) is 4.31 Å². The first kappa shape index (κ1) is 16.5. The number of hydrogen-bond acceptors (Lipinski definition) is 4. The Hall–Kier alpha value is -1.58. The summed E-state index contributed by atoms with van der Waals surface area (Å²) in [6.45, 7) is 7.43. The van der Waals surface area contributed by atoms with Crippen LogP contribution in [0.25, 0.3) is 0 Å². The third-order valence-corrected chi connectivity index (χ3v) is 5.40. The van der Waals surface area contributed by atoms with Gasteiger partial charge in [0.05, 0.1) is 17.7 Å². The van der Waals surface area contributed by atoms with Crippen molar-refractivity contribution in [2.24, 2.45) is 5.92 Å². The van der Waals surface area contributed by atoms with Crippen LogP contribution in [0.4, 0.5) is 5.69 Å². The molecule has 110 valence electrons. The lowest BCUT2D eigenvalue weighted by atomic mass is 10.1. The van der Waals surface area contributed by atoms with Gasteiger partial charge in [-0.2, -0.15) is 9.57 Å². The average Bonchev–Trinajstić information content (AvgIpc) is 2.39. The quantitative estimate of drug-likeness (QED) is 0.842. The zero-order valence-electron chi connectivity index (χ0n) is 12.3. The molecule has 2 N–H and O–H groups in total. The second-order valence-electron chi connectivity index (χ2n) is 4.93. The minimum Gasteiger partial charge on any atom is -0.397 e. The van der Waals surface area contributed by atoms with Gasteiger partial charge in [-0.15, -0.1) is 0 Å². The summed E-state index contributed by atoms with van der Waals surface area (Å²) in [5, 5.41) is 8.87. The van der Waals surface area contributed by atoms with Crippen LogP contribution >= 0.6 is 0 Å². The maximum atomic E-state index is 12.7. The lowest BCUT2D eigenvalue weighted by molar-refractivity contribution is 0.400. The molecule has 0 aliphatic rings. The highest BCUT2D eigenvalue weighted by Crippen LogP contribution is 2.29. The van der Waals surface area contributed by atoms with Crippen molar-refractivity contribution < 1.29 is 8.42 Å². The van der Waals surface area contributed by atoms with Crippen LogP contribution in [0.1, 0.15) is 25.0 Å². The first-order valence-electron chi connectivity index (χ1n) is 6.51. The van der Waals surface area contributed by atoms with Gasteiger partial charge in [0, 0.05) is 13.1 Å². The van der Waals surface area contributed by atoms with Gasteiger partial charge >= 0.3 is 0 Å². The molecule has 1 aromatic carbocycles. The van der Waals surface area contributed by atoms with Crippen molar-refractivity contribution in [2.75, 3.05) is 18.8 Å². The summed E-state index contributed by atoms with van der Waals surface area (Å²) in [7, 11) is -3.68. The van der Waals surface area contributed by atoms with E-state index in [4.69, 9.17) is 11.0 Å². The van der Waals surface area contributed by atoms with E-state index in [-0.39, 0.29) is 23.0 Å². The van der Waals surface area contributed by atoms with Crippen LogP contribution in [-0.2, 0) is 10.0 Å². The Morgan fingerprint density at radius 2 is 1.90 bits per heavy atom. The smallest absolute Gasteiger partial charge is 0.245 e. The van der Waals surface area contributed by atoms with Crippen molar-refractivity contribution in [3.63, 3.8) is 0 Å². The highest BCUT2D eigenvalue weighted by Gasteiger charge is 2.28. The fourth-order valence-corrected chi connectivity index (χ4v) is 3.95. The zero-order valence-corrected chi connectivity index (χ0v) is 13.2. The van der Waals surface area contributed by atoms with Crippen molar-refractivity contribution >= 4 is 15.7 Å². The summed E-state index contributed by atoms with van der Waals surface area (Å²) in [5.74, 6) is -0.365. The van der Waals surface area contributed by atoms with E-state index in [0.717, 1.165) is 5.56 Å². The minimum absolute atomic E-state index is 0.157. The van der Waals surface area contributed by atoms with Gasteiger partial charge in [0.15, 0.2) is 0 Å². The van der Waals surface area contributed by atoms with Crippen LogP contribution in [0.3, 0.4) is 0 Å². The van der Waals surface area contributed by atoms with Crippen LogP contribution in [-0.4, -0.2) is 25.8 Å². The molecular formula is C14H21N3O2S. The van der Waals surface area contributed by atoms with E-state index in [1.165, 1.54) is 4.31 Å². The highest BCUT2D eigenvalue weighted by atomic mass is 32.2. The van der Waals surface area contributed by atoms with Crippen LogP contribution < -0.4 is 5.73 Å². The zero-order chi connectivity index (χ0) is 15.5. The Morgan fingerprint density at radius 1 is 1.35 bits per heavy atom. The van der Waals surface area contributed by atoms with E-state index in [1.54, 1.807) is 39.8 Å². The first-order valence-corrected chi connectivity index (χ1v) is 7.95. The number of nitrogen functional groups attached to an aromatic ring is 1. The van der Waals surface area contributed by atoms with Gasteiger partial charge in [0.1, 0.15) is 4.90 Å². The third-order valence-electron chi connectivity index (χ3n) is 3.26. The van der Waals surface area contributed by atoms with E-state index in [2.05, 4.69) is 6.07 Å². The Bertz CT molecular complexity index is 633. The summed E-state index contributed by atoms with van der Waals surface area (Å²) in [6, 6.07) is 5.61. The molecule has 0 spiro atoms. The Labute approximate surface area is 121 Å². The summed E-state index contributed by atoms with van der Waals surface area (Å²) >= 11 is 0. The number of anilines is 1. The minimum atomic E-state index is -3.68. The van der Waals surface area contributed by atoms with Gasteiger partial charge in [0.25, 0.3) is 0 Å². The molecule has 1 unspecified atom stereocenters. The maximum Gasteiger partial charge on any atom is 0.245 e. The van der Waals surface area contributed by atoms with Crippen molar-refractivity contribution in [3.05, 3.63) is 23.3 Å². The molecule has 0 saturated heterocycles. The molecule has 1 aromatic rings. The van der Waals surface area contributed by atoms with E-state index in [9.17, 15) is 8.42 Å². The largest absolute Gasteiger partial charge is 0.397 e. The van der Waals surface area contributed by atoms with Gasteiger partial charge < -0.3 is 5.73 Å². The van der Waals surface area contributed by atoms with Gasteiger partial charge in [-0.25, -0.2) is 8.42 Å². The van der Waals surface area contributed by atoms with Crippen molar-refractivity contribution in [1.29, 1.82) is 5.26 Å². The fourth-order valence-electron chi connectivity index (χ4n) is 2.02. The topological polar surface area (TPSA) is 87.2 Å². The van der Waals surface area contributed by atoms with Gasteiger partial charge in [-0.3, -0.25) is 0 Å². The number of nitrogens with zero attached hydrogens (tertiary/aromatic N) is 2. The normalized spacial score (nSPS) is 13.2. The number of sulfonamides is 1. The van der Waals surface area contributed by atoms with Gasteiger partial charge in [-0.05, 0) is 31.9 Å². The van der Waals surface area contributed by atoms with Crippen LogP contribution in [0.5, 0.6) is 0 Å². The Kier molecular flexibility index (Phi) is 5.15. The second kappa shape index (κ2) is 6.25. The predicted octanol–water partition coefficient (Wildman–Crippen LogP) is 2.06. The number of nitriles is 1. The van der Waals surface area contributed by atoms with Crippen LogP contribution in [0.2, 0.25) is 0 Å². The summed E-state index contributed by atoms with van der Waals surface area (Å²) in [6.07, 6.45) is 0. The number of benzene rings is 1. The van der Waals surface area contributed by atoms with E-state index >= 15 is 0 Å². The number of nitrogens with two attached hydrogens (primary N) is 1. The molecule has 0 amide bonds. The Balaban J connectivity index is 3.36. The molecular weight excluding hydrogens is 274 g/mol. The standard InChI is InChI=1S/C14H21N3O2S/c1-5-17(9-10(2)8-15)20(18,19)14-12(4)7-6-11(3)13(14)16/h6-7,10H,5,9,16H2,1-4H3. The lowest BCUT2D eigenvalue weighted by Crippen LogP contribution is -2.35. The fraction of sp³-hybridized carbons (Fsp3) is 0.500. The van der Waals surface area contributed by atoms with E-state index in [0.29, 0.717) is 12.1 Å². The highest BCUT2D eigenvalue weighted by molar-refractivity contribution is 7.89. The number of hydrogen-bond donors (Lipinski definition) is 1. The average molecular weight is 295 g/mol. The molecule has 0 bridgehead atoms. The van der Waals surface area contributed by atoms with Crippen molar-refractivity contribution in [3.8, 4) is 6.07 Å². The molecule has 0 radical (unpaired) electrons. The molecule has 5 nitrogen and oxygen atoms in total. The molecule has 20 heavy (non-hydrogen) atoms. The predicted molar refractivity (Wildman–Crippen MR) is 79.5 cm³/mol. The van der Waals surface area contributed by atoms with E-state index < -0.39 is 10.0 Å². The lowest BCUT2D eigenvalue weighted by Gasteiger charge is -2.24. The molecule has 0 heterocycles. The molecule has 0 aromatic heterocycles. The molecule has 6 heteroatoms. The third kappa shape index (κ3) is 3.11. The SMILES string of the molecule is CCN(CC(C)C#N)S(=O)(=O)c1c(C)ccc(C)c1N. The monoisotopic (exact) mass is 295 g/mol. The molecule has 0 saturated carbocycles. The summed E-state index contributed by atoms with van der Waals surface area (Å²) in [4.78, 5) is 0.157. The number of aryl methyl sites for hydroxylation is 2. The Morgan fingerprint density at radius 3 is 2.40 bits per heavy atom. The van der Waals surface area contributed by atoms with Crippen LogP contribution in [0, 0.1) is 31.1 Å².